The summed E-state index contributed by atoms with van der Waals surface area (Å²) in [4.78, 5) is 40.2. The van der Waals surface area contributed by atoms with Crippen LogP contribution in [0.5, 0.6) is 0 Å². The molecule has 1 heterocycles. The van der Waals surface area contributed by atoms with Crippen LogP contribution < -0.4 is 10.6 Å². The van der Waals surface area contributed by atoms with Gasteiger partial charge in [-0.15, -0.1) is 11.3 Å². The third kappa shape index (κ3) is 5.09. The number of nitrogens with one attached hydrogen (secondary N) is 2. The maximum atomic E-state index is 12.4. The van der Waals surface area contributed by atoms with E-state index in [0.29, 0.717) is 12.8 Å². The SMILES string of the molecule is CCCCC(NC(=O)c1csc(NC(=O)OCC2c3ccccc3-c3ccccc32)n1)C(=O)O. The Hall–Kier alpha value is -3.72. The normalized spacial score (nSPS) is 13.0. The third-order valence-corrected chi connectivity index (χ3v) is 6.50. The number of rotatable bonds is 9. The van der Waals surface area contributed by atoms with Gasteiger partial charge in [-0.2, -0.15) is 0 Å². The summed E-state index contributed by atoms with van der Waals surface area (Å²) >= 11 is 1.06. The number of carboxylic acid groups (broad SMARTS) is 1. The Bertz CT molecular complexity index is 1160. The van der Waals surface area contributed by atoms with E-state index < -0.39 is 24.0 Å². The number of unbranched alkanes of at least 4 members (excludes halogenated alkanes) is 1. The molecule has 3 aromatic rings. The molecule has 1 unspecified atom stereocenters. The van der Waals surface area contributed by atoms with Crippen LogP contribution in [-0.2, 0) is 9.53 Å². The van der Waals surface area contributed by atoms with Crippen LogP contribution in [0.25, 0.3) is 11.1 Å². The van der Waals surface area contributed by atoms with Crippen molar-refractivity contribution in [1.29, 1.82) is 0 Å². The average molecular weight is 480 g/mol. The first-order chi connectivity index (χ1) is 16.5. The molecule has 1 atom stereocenters. The van der Waals surface area contributed by atoms with Crippen LogP contribution in [0.4, 0.5) is 9.93 Å². The van der Waals surface area contributed by atoms with E-state index in [0.717, 1.165) is 40.0 Å². The predicted octanol–water partition coefficient (Wildman–Crippen LogP) is 4.88. The van der Waals surface area contributed by atoms with Crippen molar-refractivity contribution in [1.82, 2.24) is 10.3 Å². The van der Waals surface area contributed by atoms with Crippen molar-refractivity contribution in [2.75, 3.05) is 11.9 Å². The molecular formula is C25H25N3O5S. The van der Waals surface area contributed by atoms with Crippen LogP contribution >= 0.6 is 11.3 Å². The number of carbonyl (C=O) groups is 3. The number of fused-ring (bicyclic) bond motifs is 3. The number of anilines is 1. The third-order valence-electron chi connectivity index (χ3n) is 5.74. The molecule has 1 aromatic heterocycles. The van der Waals surface area contributed by atoms with Crippen LogP contribution in [0.2, 0.25) is 0 Å². The van der Waals surface area contributed by atoms with Gasteiger partial charge in [0.1, 0.15) is 18.3 Å². The number of ether oxygens (including phenoxy) is 1. The van der Waals surface area contributed by atoms with E-state index in [1.165, 1.54) is 5.38 Å². The number of nitrogens with zero attached hydrogens (tertiary/aromatic N) is 1. The Kier molecular flexibility index (Phi) is 7.22. The molecule has 2 aromatic carbocycles. The van der Waals surface area contributed by atoms with Crippen molar-refractivity contribution in [3.63, 3.8) is 0 Å². The second kappa shape index (κ2) is 10.5. The zero-order valence-electron chi connectivity index (χ0n) is 18.6. The number of benzene rings is 2. The lowest BCUT2D eigenvalue weighted by Gasteiger charge is -2.14. The van der Waals surface area contributed by atoms with Gasteiger partial charge >= 0.3 is 12.1 Å². The van der Waals surface area contributed by atoms with Gasteiger partial charge in [0, 0.05) is 11.3 Å². The largest absolute Gasteiger partial charge is 0.480 e. The second-order valence-corrected chi connectivity index (χ2v) is 8.85. The minimum atomic E-state index is -1.09. The van der Waals surface area contributed by atoms with Crippen LogP contribution in [0.1, 0.15) is 53.7 Å². The van der Waals surface area contributed by atoms with E-state index in [2.05, 4.69) is 27.8 Å². The molecular weight excluding hydrogens is 454 g/mol. The molecule has 1 aliphatic carbocycles. The first-order valence-electron chi connectivity index (χ1n) is 11.1. The fourth-order valence-electron chi connectivity index (χ4n) is 4.06. The number of hydrogen-bond donors (Lipinski definition) is 3. The van der Waals surface area contributed by atoms with Crippen molar-refractivity contribution < 1.29 is 24.2 Å². The quantitative estimate of drug-likeness (QED) is 0.403. The number of thiazole rings is 1. The number of aliphatic carboxylic acids is 1. The molecule has 8 nitrogen and oxygen atoms in total. The smallest absolute Gasteiger partial charge is 0.413 e. The van der Waals surface area contributed by atoms with E-state index in [9.17, 15) is 19.5 Å². The van der Waals surface area contributed by atoms with Gasteiger partial charge in [-0.05, 0) is 28.7 Å². The van der Waals surface area contributed by atoms with Crippen LogP contribution in [-0.4, -0.2) is 40.7 Å². The number of carboxylic acids is 1. The van der Waals surface area contributed by atoms with Crippen molar-refractivity contribution >= 4 is 34.4 Å². The lowest BCUT2D eigenvalue weighted by Crippen LogP contribution is -2.40. The Morgan fingerprint density at radius 2 is 1.74 bits per heavy atom. The van der Waals surface area contributed by atoms with Gasteiger partial charge in [0.25, 0.3) is 5.91 Å². The first kappa shape index (κ1) is 23.4. The first-order valence-corrected chi connectivity index (χ1v) is 12.0. The lowest BCUT2D eigenvalue weighted by atomic mass is 9.98. The molecule has 0 radical (unpaired) electrons. The van der Waals surface area contributed by atoms with Crippen molar-refractivity contribution in [2.45, 2.75) is 38.1 Å². The molecule has 0 saturated carbocycles. The lowest BCUT2D eigenvalue weighted by molar-refractivity contribution is -0.139. The Balaban J connectivity index is 1.35. The second-order valence-electron chi connectivity index (χ2n) is 7.99. The number of aromatic nitrogens is 1. The van der Waals surface area contributed by atoms with Gasteiger partial charge in [-0.25, -0.2) is 14.6 Å². The molecule has 34 heavy (non-hydrogen) atoms. The van der Waals surface area contributed by atoms with Crippen LogP contribution in [0.15, 0.2) is 53.9 Å². The average Bonchev–Trinajstić information content (AvgIpc) is 3.43. The fourth-order valence-corrected chi connectivity index (χ4v) is 4.73. The number of hydrogen-bond acceptors (Lipinski definition) is 6. The Morgan fingerprint density at radius 1 is 1.09 bits per heavy atom. The Labute approximate surface area is 201 Å². The van der Waals surface area contributed by atoms with Gasteiger partial charge in [0.15, 0.2) is 5.13 Å². The molecule has 9 heteroatoms. The van der Waals surface area contributed by atoms with E-state index in [1.54, 1.807) is 0 Å². The fraction of sp³-hybridized carbons (Fsp3) is 0.280. The summed E-state index contributed by atoms with van der Waals surface area (Å²) < 4.78 is 5.49. The van der Waals surface area contributed by atoms with Gasteiger partial charge in [-0.3, -0.25) is 10.1 Å². The molecule has 176 valence electrons. The summed E-state index contributed by atoms with van der Waals surface area (Å²) in [5, 5.41) is 16.0. The highest BCUT2D eigenvalue weighted by Crippen LogP contribution is 2.44. The summed E-state index contributed by atoms with van der Waals surface area (Å²) in [7, 11) is 0. The van der Waals surface area contributed by atoms with Gasteiger partial charge < -0.3 is 15.2 Å². The number of amides is 2. The van der Waals surface area contributed by atoms with E-state index >= 15 is 0 Å². The van der Waals surface area contributed by atoms with Gasteiger partial charge in [0.05, 0.1) is 0 Å². The molecule has 0 fully saturated rings. The highest BCUT2D eigenvalue weighted by molar-refractivity contribution is 7.14. The maximum absolute atomic E-state index is 12.4. The van der Waals surface area contributed by atoms with Gasteiger partial charge in [0.2, 0.25) is 0 Å². The monoisotopic (exact) mass is 479 g/mol. The molecule has 1 aliphatic rings. The van der Waals surface area contributed by atoms with Crippen molar-refractivity contribution in [3.05, 3.63) is 70.7 Å². The molecule has 0 bridgehead atoms. The summed E-state index contributed by atoms with van der Waals surface area (Å²) in [6.45, 7) is 2.11. The summed E-state index contributed by atoms with van der Waals surface area (Å²) in [6.07, 6.45) is 1.18. The van der Waals surface area contributed by atoms with Crippen LogP contribution in [0, 0.1) is 0 Å². The zero-order valence-corrected chi connectivity index (χ0v) is 19.4. The summed E-state index contributed by atoms with van der Waals surface area (Å²) in [5.74, 6) is -1.75. The van der Waals surface area contributed by atoms with E-state index in [4.69, 9.17) is 4.74 Å². The van der Waals surface area contributed by atoms with E-state index in [-0.39, 0.29) is 23.4 Å². The standard InChI is InChI=1S/C25H25N3O5S/c1-2-3-12-20(23(30)31)26-22(29)21-14-34-24(27-21)28-25(32)33-13-19-17-10-6-4-8-15(17)16-9-5-7-11-18(16)19/h4-11,14,19-20H,2-3,12-13H2,1H3,(H,26,29)(H,30,31)(H,27,28,32). The summed E-state index contributed by atoms with van der Waals surface area (Å²) in [6, 6.07) is 15.1. The molecule has 0 spiro atoms. The topological polar surface area (TPSA) is 118 Å². The predicted molar refractivity (Wildman–Crippen MR) is 129 cm³/mol. The van der Waals surface area contributed by atoms with Crippen molar-refractivity contribution in [3.8, 4) is 11.1 Å². The van der Waals surface area contributed by atoms with Gasteiger partial charge in [-0.1, -0.05) is 68.3 Å². The molecule has 0 aliphatic heterocycles. The molecule has 4 rings (SSSR count). The van der Waals surface area contributed by atoms with Crippen molar-refractivity contribution in [2.24, 2.45) is 0 Å². The zero-order chi connectivity index (χ0) is 24.1. The van der Waals surface area contributed by atoms with Crippen LogP contribution in [0.3, 0.4) is 0 Å². The number of carbonyl (C=O) groups excluding carboxylic acids is 2. The molecule has 0 saturated heterocycles. The minimum absolute atomic E-state index is 0.0432. The summed E-state index contributed by atoms with van der Waals surface area (Å²) in [5.41, 5.74) is 4.55. The van der Waals surface area contributed by atoms with E-state index in [1.807, 2.05) is 43.3 Å². The molecule has 3 N–H and O–H groups in total. The molecule has 2 amide bonds. The minimum Gasteiger partial charge on any atom is -0.480 e. The Morgan fingerprint density at radius 3 is 2.35 bits per heavy atom. The maximum Gasteiger partial charge on any atom is 0.413 e. The highest BCUT2D eigenvalue weighted by atomic mass is 32.1. The highest BCUT2D eigenvalue weighted by Gasteiger charge is 2.29.